The van der Waals surface area contributed by atoms with Crippen molar-refractivity contribution in [3.8, 4) is 11.5 Å². The molecule has 1 heterocycles. The number of anilines is 3. The van der Waals surface area contributed by atoms with Gasteiger partial charge in [0.2, 0.25) is 0 Å². The molecule has 0 spiro atoms. The number of ether oxygens (including phenoxy) is 2. The zero-order valence-corrected chi connectivity index (χ0v) is 16.9. The number of aryl methyl sites for hydroxylation is 2. The Labute approximate surface area is 170 Å². The van der Waals surface area contributed by atoms with Crippen LogP contribution >= 0.6 is 0 Å². The Hall–Kier alpha value is -3.61. The number of benzene rings is 2. The molecular weight excluding hydrogens is 368 g/mol. The molecule has 0 aliphatic carbocycles. The van der Waals surface area contributed by atoms with E-state index in [1.807, 2.05) is 43.3 Å². The van der Waals surface area contributed by atoms with Crippen molar-refractivity contribution in [3.05, 3.63) is 65.6 Å². The summed E-state index contributed by atoms with van der Waals surface area (Å²) < 4.78 is 10.6. The second-order valence-corrected chi connectivity index (χ2v) is 6.34. The Balaban J connectivity index is 1.86. The fourth-order valence-electron chi connectivity index (χ4n) is 2.92. The van der Waals surface area contributed by atoms with Crippen LogP contribution in [0.2, 0.25) is 0 Å². The first-order valence-electron chi connectivity index (χ1n) is 9.28. The molecule has 7 nitrogen and oxygen atoms in total. The smallest absolute Gasteiger partial charge is 0.274 e. The number of rotatable bonds is 7. The van der Waals surface area contributed by atoms with Gasteiger partial charge in [-0.25, -0.2) is 9.97 Å². The normalized spacial score (nSPS) is 10.3. The molecular formula is C22H24N4O3. The third-order valence-corrected chi connectivity index (χ3v) is 4.39. The Morgan fingerprint density at radius 1 is 1.00 bits per heavy atom. The first-order chi connectivity index (χ1) is 14.0. The van der Waals surface area contributed by atoms with Gasteiger partial charge in [-0.05, 0) is 37.1 Å². The summed E-state index contributed by atoms with van der Waals surface area (Å²) in [5.74, 6) is 1.97. The average Bonchev–Trinajstić information content (AvgIpc) is 2.74. The summed E-state index contributed by atoms with van der Waals surface area (Å²) in [5.41, 5.74) is 2.82. The van der Waals surface area contributed by atoms with Crippen molar-refractivity contribution in [2.45, 2.75) is 20.3 Å². The summed E-state index contributed by atoms with van der Waals surface area (Å²) in [6, 6.07) is 14.7. The highest BCUT2D eigenvalue weighted by atomic mass is 16.5. The Bertz CT molecular complexity index is 1020. The van der Waals surface area contributed by atoms with E-state index in [1.165, 1.54) is 0 Å². The van der Waals surface area contributed by atoms with E-state index in [-0.39, 0.29) is 11.6 Å². The van der Waals surface area contributed by atoms with Crippen molar-refractivity contribution < 1.29 is 14.3 Å². The van der Waals surface area contributed by atoms with Crippen LogP contribution in [0.4, 0.5) is 17.2 Å². The minimum absolute atomic E-state index is 0.276. The van der Waals surface area contributed by atoms with Crippen LogP contribution in [0.3, 0.4) is 0 Å². The second-order valence-electron chi connectivity index (χ2n) is 6.34. The number of nitrogens with one attached hydrogen (secondary N) is 2. The van der Waals surface area contributed by atoms with Gasteiger partial charge in [0.25, 0.3) is 5.91 Å². The van der Waals surface area contributed by atoms with Gasteiger partial charge in [0.1, 0.15) is 28.8 Å². The maximum atomic E-state index is 12.8. The first kappa shape index (κ1) is 20.1. The number of carbonyl (C=O) groups excluding carboxylic acids is 1. The van der Waals surface area contributed by atoms with E-state index < -0.39 is 0 Å². The lowest BCUT2D eigenvalue weighted by molar-refractivity contribution is 0.102. The quantitative estimate of drug-likeness (QED) is 0.621. The summed E-state index contributed by atoms with van der Waals surface area (Å²) in [7, 11) is 3.17. The van der Waals surface area contributed by atoms with E-state index in [9.17, 15) is 4.79 Å². The van der Waals surface area contributed by atoms with Crippen LogP contribution < -0.4 is 20.1 Å². The van der Waals surface area contributed by atoms with Crippen molar-refractivity contribution in [1.82, 2.24) is 9.97 Å². The number of methoxy groups -OCH3 is 2. The Morgan fingerprint density at radius 2 is 1.79 bits per heavy atom. The van der Waals surface area contributed by atoms with Crippen molar-refractivity contribution in [3.63, 3.8) is 0 Å². The number of para-hydroxylation sites is 1. The molecule has 150 valence electrons. The summed E-state index contributed by atoms with van der Waals surface area (Å²) in [6.45, 7) is 3.79. The van der Waals surface area contributed by atoms with E-state index >= 15 is 0 Å². The van der Waals surface area contributed by atoms with Crippen LogP contribution in [0.5, 0.6) is 11.5 Å². The largest absolute Gasteiger partial charge is 0.497 e. The fraction of sp³-hybridized carbons (Fsp3) is 0.227. The first-order valence-corrected chi connectivity index (χ1v) is 9.28. The molecule has 0 unspecified atom stereocenters. The van der Waals surface area contributed by atoms with Gasteiger partial charge in [-0.15, -0.1) is 0 Å². The molecule has 2 N–H and O–H groups in total. The van der Waals surface area contributed by atoms with Crippen molar-refractivity contribution in [2.24, 2.45) is 0 Å². The number of hydrogen-bond acceptors (Lipinski definition) is 6. The van der Waals surface area contributed by atoms with Gasteiger partial charge in [-0.1, -0.05) is 25.1 Å². The van der Waals surface area contributed by atoms with Crippen LogP contribution in [-0.4, -0.2) is 30.1 Å². The molecule has 0 fully saturated rings. The van der Waals surface area contributed by atoms with Crippen LogP contribution in [0, 0.1) is 6.92 Å². The average molecular weight is 392 g/mol. The lowest BCUT2D eigenvalue weighted by atomic mass is 10.1. The molecule has 1 amide bonds. The molecule has 1 aromatic heterocycles. The SMILES string of the molecule is CCc1ccccc1NC(=O)c1cc(Nc2ccc(OC)cc2OC)nc(C)n1. The number of hydrogen-bond donors (Lipinski definition) is 2. The Morgan fingerprint density at radius 3 is 2.52 bits per heavy atom. The summed E-state index contributed by atoms with van der Waals surface area (Å²) in [6.07, 6.45) is 0.823. The lowest BCUT2D eigenvalue weighted by Crippen LogP contribution is -2.16. The molecule has 0 radical (unpaired) electrons. The van der Waals surface area contributed by atoms with Gasteiger partial charge in [-0.3, -0.25) is 4.79 Å². The van der Waals surface area contributed by atoms with E-state index in [4.69, 9.17) is 9.47 Å². The van der Waals surface area contributed by atoms with Gasteiger partial charge >= 0.3 is 0 Å². The van der Waals surface area contributed by atoms with Gasteiger partial charge in [0, 0.05) is 17.8 Å². The topological polar surface area (TPSA) is 85.4 Å². The predicted octanol–water partition coefficient (Wildman–Crippen LogP) is 4.36. The highest BCUT2D eigenvalue weighted by Crippen LogP contribution is 2.31. The van der Waals surface area contributed by atoms with E-state index in [1.54, 1.807) is 33.3 Å². The molecule has 2 aromatic carbocycles. The second kappa shape index (κ2) is 9.05. The summed E-state index contributed by atoms with van der Waals surface area (Å²) in [5, 5.41) is 6.12. The van der Waals surface area contributed by atoms with Gasteiger partial charge in [0.05, 0.1) is 19.9 Å². The van der Waals surface area contributed by atoms with Crippen LogP contribution in [0.25, 0.3) is 0 Å². The highest BCUT2D eigenvalue weighted by molar-refractivity contribution is 6.03. The number of carbonyl (C=O) groups is 1. The monoisotopic (exact) mass is 392 g/mol. The maximum Gasteiger partial charge on any atom is 0.274 e. The number of amides is 1. The van der Waals surface area contributed by atoms with Crippen molar-refractivity contribution >= 4 is 23.1 Å². The van der Waals surface area contributed by atoms with E-state index in [0.29, 0.717) is 28.8 Å². The zero-order valence-electron chi connectivity index (χ0n) is 16.9. The molecule has 0 saturated heterocycles. The van der Waals surface area contributed by atoms with Gasteiger partial charge < -0.3 is 20.1 Å². The summed E-state index contributed by atoms with van der Waals surface area (Å²) >= 11 is 0. The molecule has 0 bridgehead atoms. The van der Waals surface area contributed by atoms with Gasteiger partial charge in [0.15, 0.2) is 0 Å². The van der Waals surface area contributed by atoms with Crippen molar-refractivity contribution in [1.29, 1.82) is 0 Å². The van der Waals surface area contributed by atoms with Crippen LogP contribution in [0.1, 0.15) is 28.8 Å². The summed E-state index contributed by atoms with van der Waals surface area (Å²) in [4.78, 5) is 21.4. The zero-order chi connectivity index (χ0) is 20.8. The third-order valence-electron chi connectivity index (χ3n) is 4.39. The van der Waals surface area contributed by atoms with Crippen molar-refractivity contribution in [2.75, 3.05) is 24.9 Å². The molecule has 7 heteroatoms. The Kier molecular flexibility index (Phi) is 6.29. The molecule has 29 heavy (non-hydrogen) atoms. The minimum Gasteiger partial charge on any atom is -0.497 e. The molecule has 3 rings (SSSR count). The fourth-order valence-corrected chi connectivity index (χ4v) is 2.92. The molecule has 0 saturated carbocycles. The molecule has 0 aliphatic rings. The maximum absolute atomic E-state index is 12.8. The molecule has 3 aromatic rings. The van der Waals surface area contributed by atoms with E-state index in [2.05, 4.69) is 20.6 Å². The molecule has 0 aliphatic heterocycles. The van der Waals surface area contributed by atoms with Crippen LogP contribution in [0.15, 0.2) is 48.5 Å². The van der Waals surface area contributed by atoms with Crippen LogP contribution in [-0.2, 0) is 6.42 Å². The lowest BCUT2D eigenvalue weighted by Gasteiger charge is -2.13. The van der Waals surface area contributed by atoms with Gasteiger partial charge in [-0.2, -0.15) is 0 Å². The predicted molar refractivity (Wildman–Crippen MR) is 113 cm³/mol. The standard InChI is InChI=1S/C22H24N4O3/c1-5-15-8-6-7-9-17(15)26-22(27)19-13-21(24-14(2)23-19)25-18-11-10-16(28-3)12-20(18)29-4/h6-13H,5H2,1-4H3,(H,26,27)(H,23,24,25). The number of nitrogens with zero attached hydrogens (tertiary/aromatic N) is 2. The van der Waals surface area contributed by atoms with E-state index in [0.717, 1.165) is 17.7 Å². The molecule has 0 atom stereocenters. The highest BCUT2D eigenvalue weighted by Gasteiger charge is 2.14. The third kappa shape index (κ3) is 4.82. The number of aromatic nitrogens is 2. The minimum atomic E-state index is -0.291.